The largest absolute Gasteiger partial charge is 0.399 e. The zero-order chi connectivity index (χ0) is 12.1. The van der Waals surface area contributed by atoms with E-state index in [-0.39, 0.29) is 0 Å². The first-order valence-electron chi connectivity index (χ1n) is 5.35. The van der Waals surface area contributed by atoms with Crippen LogP contribution < -0.4 is 11.1 Å². The van der Waals surface area contributed by atoms with E-state index in [1.807, 2.05) is 12.1 Å². The van der Waals surface area contributed by atoms with E-state index in [0.717, 1.165) is 18.7 Å². The van der Waals surface area contributed by atoms with Crippen LogP contribution >= 0.6 is 11.3 Å². The average molecular weight is 243 g/mol. The van der Waals surface area contributed by atoms with Gasteiger partial charge in [-0.3, -0.25) is 0 Å². The molecule has 0 atom stereocenters. The van der Waals surface area contributed by atoms with Crippen molar-refractivity contribution in [3.05, 3.63) is 46.2 Å². The molecule has 0 saturated carbocycles. The van der Waals surface area contributed by atoms with Crippen LogP contribution in [0.25, 0.3) is 0 Å². The number of nitrogen functional groups attached to an aromatic ring is 1. The van der Waals surface area contributed by atoms with Crippen LogP contribution in [0.1, 0.15) is 10.4 Å². The minimum atomic E-state index is 0.594. The fourth-order valence-electron chi connectivity index (χ4n) is 1.58. The van der Waals surface area contributed by atoms with Crippen LogP contribution in [0.5, 0.6) is 0 Å². The van der Waals surface area contributed by atoms with Crippen molar-refractivity contribution in [1.29, 1.82) is 5.26 Å². The van der Waals surface area contributed by atoms with Crippen LogP contribution in [0.15, 0.2) is 35.7 Å². The molecule has 3 nitrogen and oxygen atoms in total. The quantitative estimate of drug-likeness (QED) is 0.812. The van der Waals surface area contributed by atoms with E-state index in [2.05, 4.69) is 22.8 Å². The number of hydrogen-bond donors (Lipinski definition) is 2. The molecule has 17 heavy (non-hydrogen) atoms. The van der Waals surface area contributed by atoms with E-state index in [4.69, 9.17) is 11.0 Å². The molecular weight excluding hydrogens is 230 g/mol. The van der Waals surface area contributed by atoms with Crippen molar-refractivity contribution in [1.82, 2.24) is 0 Å². The predicted octanol–water partition coefficient (Wildman–Crippen LogP) is 2.86. The summed E-state index contributed by atoms with van der Waals surface area (Å²) in [6, 6.07) is 11.6. The molecule has 0 aliphatic heterocycles. The first-order valence-corrected chi connectivity index (χ1v) is 6.23. The zero-order valence-electron chi connectivity index (χ0n) is 9.31. The van der Waals surface area contributed by atoms with Crippen molar-refractivity contribution >= 4 is 22.7 Å². The summed E-state index contributed by atoms with van der Waals surface area (Å²) in [7, 11) is 0. The van der Waals surface area contributed by atoms with Crippen molar-refractivity contribution in [2.45, 2.75) is 6.42 Å². The van der Waals surface area contributed by atoms with E-state index in [1.165, 1.54) is 4.88 Å². The van der Waals surface area contributed by atoms with Crippen LogP contribution in [0, 0.1) is 11.3 Å². The van der Waals surface area contributed by atoms with Gasteiger partial charge in [-0.05, 0) is 36.1 Å². The summed E-state index contributed by atoms with van der Waals surface area (Å²) in [5.74, 6) is 0. The molecule has 0 spiro atoms. The third kappa shape index (κ3) is 2.99. The minimum Gasteiger partial charge on any atom is -0.399 e. The van der Waals surface area contributed by atoms with Gasteiger partial charge >= 0.3 is 0 Å². The van der Waals surface area contributed by atoms with Crippen LogP contribution in [0.2, 0.25) is 0 Å². The Morgan fingerprint density at radius 1 is 1.35 bits per heavy atom. The van der Waals surface area contributed by atoms with Gasteiger partial charge in [-0.15, -0.1) is 11.3 Å². The number of benzene rings is 1. The molecule has 0 fully saturated rings. The monoisotopic (exact) mass is 243 g/mol. The molecule has 4 heteroatoms. The summed E-state index contributed by atoms with van der Waals surface area (Å²) < 4.78 is 0. The molecule has 0 aliphatic carbocycles. The Kier molecular flexibility index (Phi) is 3.63. The van der Waals surface area contributed by atoms with Gasteiger partial charge in [0.05, 0.1) is 11.3 Å². The Labute approximate surface area is 105 Å². The van der Waals surface area contributed by atoms with Crippen molar-refractivity contribution in [2.24, 2.45) is 0 Å². The first-order chi connectivity index (χ1) is 8.29. The van der Waals surface area contributed by atoms with Crippen LogP contribution in [0.4, 0.5) is 11.4 Å². The zero-order valence-corrected chi connectivity index (χ0v) is 10.1. The molecule has 86 valence electrons. The molecule has 1 aromatic carbocycles. The maximum Gasteiger partial charge on any atom is 0.101 e. The second-order valence-electron chi connectivity index (χ2n) is 3.67. The lowest BCUT2D eigenvalue weighted by Gasteiger charge is -2.07. The number of anilines is 2. The highest BCUT2D eigenvalue weighted by Gasteiger charge is 2.01. The van der Waals surface area contributed by atoms with Gasteiger partial charge in [0, 0.05) is 17.1 Å². The average Bonchev–Trinajstić information content (AvgIpc) is 2.84. The van der Waals surface area contributed by atoms with Crippen LogP contribution in [-0.4, -0.2) is 6.54 Å². The van der Waals surface area contributed by atoms with Gasteiger partial charge in [-0.1, -0.05) is 6.07 Å². The van der Waals surface area contributed by atoms with Crippen LogP contribution in [-0.2, 0) is 6.42 Å². The highest BCUT2D eigenvalue weighted by molar-refractivity contribution is 7.09. The molecule has 0 amide bonds. The van der Waals surface area contributed by atoms with Gasteiger partial charge in [0.2, 0.25) is 0 Å². The molecule has 0 radical (unpaired) electrons. The van der Waals surface area contributed by atoms with Crippen LogP contribution in [0.3, 0.4) is 0 Å². The maximum atomic E-state index is 8.98. The van der Waals surface area contributed by atoms with Gasteiger partial charge in [0.1, 0.15) is 6.07 Å². The first kappa shape index (κ1) is 11.5. The number of thiophene rings is 1. The summed E-state index contributed by atoms with van der Waals surface area (Å²) in [5, 5.41) is 14.3. The Morgan fingerprint density at radius 2 is 2.24 bits per heavy atom. The number of nitriles is 1. The molecule has 0 bridgehead atoms. The molecule has 0 saturated heterocycles. The number of rotatable bonds is 4. The second-order valence-corrected chi connectivity index (χ2v) is 4.71. The standard InChI is InChI=1S/C13H13N3S/c14-9-10-8-11(15)3-4-13(10)16-6-5-12-2-1-7-17-12/h1-4,7-8,16H,5-6,15H2. The van der Waals surface area contributed by atoms with Crippen molar-refractivity contribution in [2.75, 3.05) is 17.6 Å². The highest BCUT2D eigenvalue weighted by Crippen LogP contribution is 2.18. The van der Waals surface area contributed by atoms with E-state index in [1.54, 1.807) is 23.5 Å². The lowest BCUT2D eigenvalue weighted by Crippen LogP contribution is -2.05. The molecular formula is C13H13N3S. The lowest BCUT2D eigenvalue weighted by atomic mass is 10.1. The van der Waals surface area contributed by atoms with E-state index in [9.17, 15) is 0 Å². The molecule has 0 aliphatic rings. The molecule has 3 N–H and O–H groups in total. The number of hydrogen-bond acceptors (Lipinski definition) is 4. The molecule has 0 unspecified atom stereocenters. The third-order valence-electron chi connectivity index (χ3n) is 2.43. The maximum absolute atomic E-state index is 8.98. The fourth-order valence-corrected chi connectivity index (χ4v) is 2.29. The Hall–Kier alpha value is -1.99. The second kappa shape index (κ2) is 5.37. The Balaban J connectivity index is 1.97. The Bertz CT molecular complexity index is 526. The normalized spacial score (nSPS) is 9.82. The summed E-state index contributed by atoms with van der Waals surface area (Å²) in [6.07, 6.45) is 0.965. The fraction of sp³-hybridized carbons (Fsp3) is 0.154. The minimum absolute atomic E-state index is 0.594. The molecule has 1 aromatic heterocycles. The SMILES string of the molecule is N#Cc1cc(N)ccc1NCCc1cccs1. The summed E-state index contributed by atoms with van der Waals surface area (Å²) in [4.78, 5) is 1.34. The van der Waals surface area contributed by atoms with E-state index >= 15 is 0 Å². The number of nitrogens with one attached hydrogen (secondary N) is 1. The van der Waals surface area contributed by atoms with E-state index < -0.39 is 0 Å². The third-order valence-corrected chi connectivity index (χ3v) is 3.37. The van der Waals surface area contributed by atoms with Crippen molar-refractivity contribution in [3.8, 4) is 6.07 Å². The lowest BCUT2D eigenvalue weighted by molar-refractivity contribution is 1.04. The van der Waals surface area contributed by atoms with Crippen molar-refractivity contribution in [3.63, 3.8) is 0 Å². The summed E-state index contributed by atoms with van der Waals surface area (Å²) in [5.41, 5.74) is 7.69. The molecule has 2 rings (SSSR count). The van der Waals surface area contributed by atoms with E-state index in [0.29, 0.717) is 11.3 Å². The highest BCUT2D eigenvalue weighted by atomic mass is 32.1. The van der Waals surface area contributed by atoms with Gasteiger partial charge < -0.3 is 11.1 Å². The number of nitrogens with zero attached hydrogens (tertiary/aromatic N) is 1. The number of nitrogens with two attached hydrogens (primary N) is 1. The summed E-state index contributed by atoms with van der Waals surface area (Å²) >= 11 is 1.75. The van der Waals surface area contributed by atoms with Gasteiger partial charge in [0.15, 0.2) is 0 Å². The molecule has 2 aromatic rings. The Morgan fingerprint density at radius 3 is 2.94 bits per heavy atom. The van der Waals surface area contributed by atoms with Gasteiger partial charge in [0.25, 0.3) is 0 Å². The van der Waals surface area contributed by atoms with Crippen molar-refractivity contribution < 1.29 is 0 Å². The summed E-state index contributed by atoms with van der Waals surface area (Å²) in [6.45, 7) is 0.819. The van der Waals surface area contributed by atoms with Gasteiger partial charge in [-0.2, -0.15) is 5.26 Å². The smallest absolute Gasteiger partial charge is 0.101 e. The predicted molar refractivity (Wildman–Crippen MR) is 72.1 cm³/mol. The van der Waals surface area contributed by atoms with Gasteiger partial charge in [-0.25, -0.2) is 0 Å². The topological polar surface area (TPSA) is 61.8 Å². The molecule has 1 heterocycles.